The molecule has 8 nitrogen and oxygen atoms in total. The molecule has 2 aromatic rings. The van der Waals surface area contributed by atoms with Gasteiger partial charge in [0.05, 0.1) is 0 Å². The molecule has 0 aliphatic rings. The third kappa shape index (κ3) is 3.92. The van der Waals surface area contributed by atoms with E-state index in [1.165, 1.54) is 47.4 Å². The van der Waals surface area contributed by atoms with Crippen LogP contribution in [0.3, 0.4) is 0 Å². The summed E-state index contributed by atoms with van der Waals surface area (Å²) in [6.45, 7) is 2.45. The van der Waals surface area contributed by atoms with Crippen molar-refractivity contribution in [3.8, 4) is 16.9 Å². The summed E-state index contributed by atoms with van der Waals surface area (Å²) < 4.78 is 37.5. The van der Waals surface area contributed by atoms with Gasteiger partial charge in [0, 0.05) is 36.2 Å². The fraction of sp³-hybridized carbons (Fsp3) is 0.333. The number of hydroxylamine groups is 1. The Balaban J connectivity index is 2.35. The molecule has 0 unspecified atom stereocenters. The van der Waals surface area contributed by atoms with Crippen LogP contribution in [-0.4, -0.2) is 40.2 Å². The molecule has 0 saturated heterocycles. The van der Waals surface area contributed by atoms with Gasteiger partial charge in [-0.05, 0) is 44.0 Å². The van der Waals surface area contributed by atoms with Crippen molar-refractivity contribution < 1.29 is 27.9 Å². The van der Waals surface area contributed by atoms with Crippen LogP contribution in [0.1, 0.15) is 18.9 Å². The van der Waals surface area contributed by atoms with Gasteiger partial charge < -0.3 is 9.67 Å². The number of hydrogen-bond donors (Lipinski definition) is 3. The van der Waals surface area contributed by atoms with Gasteiger partial charge in [0.2, 0.25) is 0 Å². The highest BCUT2D eigenvalue weighted by Crippen LogP contribution is 2.29. The number of benzene rings is 1. The molecule has 1 atom stereocenters. The topological polar surface area (TPSA) is 126 Å². The lowest BCUT2D eigenvalue weighted by Crippen LogP contribution is -2.49. The van der Waals surface area contributed by atoms with Crippen LogP contribution in [0.25, 0.3) is 11.1 Å². The predicted octanol–water partition coefficient (Wildman–Crippen LogP) is 1.37. The van der Waals surface area contributed by atoms with Crippen LogP contribution in [0.4, 0.5) is 4.39 Å². The SMILES string of the molecule is Cc1c(O)ccc(-c2ccn(CC[C@](C)(C(=O)NO)S(C)(=O)=O)c(=O)c2)c1F. The molecule has 0 bridgehead atoms. The van der Waals surface area contributed by atoms with Crippen molar-refractivity contribution in [3.05, 3.63) is 52.2 Å². The monoisotopic (exact) mass is 412 g/mol. The third-order valence-electron chi connectivity index (χ3n) is 4.89. The first kappa shape index (κ1) is 21.6. The molecule has 152 valence electrons. The van der Waals surface area contributed by atoms with Crippen LogP contribution in [-0.2, 0) is 21.2 Å². The summed E-state index contributed by atoms with van der Waals surface area (Å²) in [5.74, 6) is -1.94. The van der Waals surface area contributed by atoms with Crippen LogP contribution in [0.15, 0.2) is 35.3 Å². The van der Waals surface area contributed by atoms with Crippen molar-refractivity contribution >= 4 is 15.7 Å². The summed E-state index contributed by atoms with van der Waals surface area (Å²) >= 11 is 0. The van der Waals surface area contributed by atoms with Crippen molar-refractivity contribution in [2.45, 2.75) is 31.6 Å². The van der Waals surface area contributed by atoms with Gasteiger partial charge >= 0.3 is 0 Å². The van der Waals surface area contributed by atoms with Crippen molar-refractivity contribution in [3.63, 3.8) is 0 Å². The van der Waals surface area contributed by atoms with Gasteiger partial charge in [-0.1, -0.05) is 0 Å². The zero-order valence-electron chi connectivity index (χ0n) is 15.6. The summed E-state index contributed by atoms with van der Waals surface area (Å²) in [5, 5.41) is 18.4. The van der Waals surface area contributed by atoms with E-state index in [4.69, 9.17) is 5.21 Å². The maximum absolute atomic E-state index is 14.3. The highest BCUT2D eigenvalue weighted by Gasteiger charge is 2.43. The van der Waals surface area contributed by atoms with E-state index in [1.54, 1.807) is 0 Å². The lowest BCUT2D eigenvalue weighted by Gasteiger charge is -2.25. The molecular formula is C18H21FN2O6S. The molecule has 10 heteroatoms. The molecule has 0 aliphatic heterocycles. The lowest BCUT2D eigenvalue weighted by molar-refractivity contribution is -0.131. The van der Waals surface area contributed by atoms with Crippen LogP contribution in [0.2, 0.25) is 0 Å². The Morgan fingerprint density at radius 1 is 1.32 bits per heavy atom. The molecule has 1 aromatic carbocycles. The Morgan fingerprint density at radius 2 is 1.96 bits per heavy atom. The number of aromatic nitrogens is 1. The third-order valence-corrected chi connectivity index (χ3v) is 6.92. The van der Waals surface area contributed by atoms with E-state index >= 15 is 0 Å². The van der Waals surface area contributed by atoms with Crippen LogP contribution >= 0.6 is 0 Å². The summed E-state index contributed by atoms with van der Waals surface area (Å²) in [6, 6.07) is 5.33. The second-order valence-corrected chi connectivity index (χ2v) is 9.16. The lowest BCUT2D eigenvalue weighted by atomic mass is 10.0. The van der Waals surface area contributed by atoms with Gasteiger partial charge in [-0.15, -0.1) is 0 Å². The second-order valence-electron chi connectivity index (χ2n) is 6.71. The number of phenols is 1. The molecule has 0 radical (unpaired) electrons. The van der Waals surface area contributed by atoms with Gasteiger partial charge in [0.1, 0.15) is 11.6 Å². The van der Waals surface area contributed by atoms with E-state index in [0.717, 1.165) is 13.2 Å². The van der Waals surface area contributed by atoms with Gasteiger partial charge in [0.25, 0.3) is 11.5 Å². The van der Waals surface area contributed by atoms with E-state index in [0.29, 0.717) is 5.56 Å². The smallest absolute Gasteiger partial charge is 0.264 e. The Morgan fingerprint density at radius 3 is 2.50 bits per heavy atom. The van der Waals surface area contributed by atoms with Crippen molar-refractivity contribution in [1.29, 1.82) is 0 Å². The number of pyridine rings is 1. The van der Waals surface area contributed by atoms with E-state index in [9.17, 15) is 27.5 Å². The number of carbonyl (C=O) groups excluding carboxylic acids is 1. The first-order chi connectivity index (χ1) is 12.9. The number of phenolic OH excluding ortho intramolecular Hbond substituents is 1. The molecular weight excluding hydrogens is 391 g/mol. The maximum Gasteiger partial charge on any atom is 0.264 e. The summed E-state index contributed by atoms with van der Waals surface area (Å²) in [5.41, 5.74) is 1.30. The molecule has 0 fully saturated rings. The number of carbonyl (C=O) groups is 1. The van der Waals surface area contributed by atoms with Crippen molar-refractivity contribution in [2.24, 2.45) is 0 Å². The fourth-order valence-electron chi connectivity index (χ4n) is 2.68. The number of nitrogens with one attached hydrogen (secondary N) is 1. The number of hydrogen-bond acceptors (Lipinski definition) is 6. The Bertz CT molecular complexity index is 1080. The summed E-state index contributed by atoms with van der Waals surface area (Å²) in [4.78, 5) is 24.2. The Labute approximate surface area is 161 Å². The number of amides is 1. The zero-order chi connectivity index (χ0) is 21.3. The van der Waals surface area contributed by atoms with E-state index in [2.05, 4.69) is 0 Å². The quantitative estimate of drug-likeness (QED) is 0.486. The molecule has 1 aromatic heterocycles. The predicted molar refractivity (Wildman–Crippen MR) is 100 cm³/mol. The van der Waals surface area contributed by atoms with Gasteiger partial charge in [-0.2, -0.15) is 0 Å². The molecule has 1 amide bonds. The molecule has 0 spiro atoms. The van der Waals surface area contributed by atoms with Crippen molar-refractivity contribution in [1.82, 2.24) is 10.0 Å². The standard InChI is InChI=1S/C18H21FN2O6S/c1-11-14(22)5-4-13(16(11)19)12-6-8-21(15(23)10-12)9-7-18(2,17(24)20-25)28(3,26)27/h4-6,8,10,22,25H,7,9H2,1-3H3,(H,20,24)/t18-/m1/s1. The Kier molecular flexibility index (Phi) is 5.95. The minimum atomic E-state index is -3.89. The largest absolute Gasteiger partial charge is 0.508 e. The second kappa shape index (κ2) is 7.72. The van der Waals surface area contributed by atoms with Crippen LogP contribution in [0.5, 0.6) is 5.75 Å². The number of halogens is 1. The minimum Gasteiger partial charge on any atom is -0.508 e. The average molecular weight is 412 g/mol. The number of nitrogens with zero attached hydrogens (tertiary/aromatic N) is 1. The molecule has 0 saturated carbocycles. The van der Waals surface area contributed by atoms with E-state index in [1.807, 2.05) is 0 Å². The van der Waals surface area contributed by atoms with Gasteiger partial charge in [0.15, 0.2) is 14.6 Å². The number of aryl methyl sites for hydroxylation is 1. The molecule has 28 heavy (non-hydrogen) atoms. The first-order valence-corrected chi connectivity index (χ1v) is 10.1. The zero-order valence-corrected chi connectivity index (χ0v) is 16.4. The number of rotatable bonds is 6. The minimum absolute atomic E-state index is 0.0561. The fourth-order valence-corrected chi connectivity index (χ4v) is 3.52. The van der Waals surface area contributed by atoms with Crippen LogP contribution < -0.4 is 11.0 Å². The number of aromatic hydroxyl groups is 1. The molecule has 2 rings (SSSR count). The first-order valence-electron chi connectivity index (χ1n) is 8.25. The highest BCUT2D eigenvalue weighted by atomic mass is 32.2. The average Bonchev–Trinajstić information content (AvgIpc) is 2.63. The molecule has 0 aliphatic carbocycles. The highest BCUT2D eigenvalue weighted by molar-refractivity contribution is 7.92. The Hall–Kier alpha value is -2.72. The van der Waals surface area contributed by atoms with E-state index < -0.39 is 31.9 Å². The molecule has 3 N–H and O–H groups in total. The van der Waals surface area contributed by atoms with Crippen LogP contribution in [0, 0.1) is 12.7 Å². The maximum atomic E-state index is 14.3. The molecule has 1 heterocycles. The van der Waals surface area contributed by atoms with Gasteiger partial charge in [-0.3, -0.25) is 14.8 Å². The summed E-state index contributed by atoms with van der Waals surface area (Å²) in [7, 11) is -3.89. The van der Waals surface area contributed by atoms with Crippen molar-refractivity contribution in [2.75, 3.05) is 6.26 Å². The summed E-state index contributed by atoms with van der Waals surface area (Å²) in [6.07, 6.45) is 1.97. The number of sulfone groups is 1. The normalized spacial score (nSPS) is 13.8. The van der Waals surface area contributed by atoms with Gasteiger partial charge in [-0.25, -0.2) is 18.3 Å². The van der Waals surface area contributed by atoms with E-state index in [-0.39, 0.29) is 29.8 Å².